The molecule has 2 heteroatoms. The number of fused-ring (bicyclic) bond motifs is 1. The van der Waals surface area contributed by atoms with Gasteiger partial charge in [-0.05, 0) is 29.7 Å². The second-order valence-corrected chi connectivity index (χ2v) is 3.88. The van der Waals surface area contributed by atoms with Crippen LogP contribution in [0.15, 0.2) is 18.2 Å². The molecule has 0 unspecified atom stereocenters. The second kappa shape index (κ2) is 4.11. The van der Waals surface area contributed by atoms with E-state index in [1.54, 1.807) is 0 Å². The van der Waals surface area contributed by atoms with Gasteiger partial charge in [0.25, 0.3) is 0 Å². The van der Waals surface area contributed by atoms with Crippen LogP contribution in [0.5, 0.6) is 0 Å². The molecule has 0 bridgehead atoms. The molecule has 0 radical (unpaired) electrons. The van der Waals surface area contributed by atoms with Gasteiger partial charge in [-0.25, -0.2) is 0 Å². The molecule has 1 aromatic carbocycles. The van der Waals surface area contributed by atoms with Crippen LogP contribution in [0.4, 0.5) is 0 Å². The highest BCUT2D eigenvalue weighted by atomic mass is 15.1. The molecule has 2 nitrogen and oxygen atoms in total. The van der Waals surface area contributed by atoms with E-state index in [2.05, 4.69) is 30.0 Å². The van der Waals surface area contributed by atoms with Crippen molar-refractivity contribution in [1.29, 1.82) is 0 Å². The second-order valence-electron chi connectivity index (χ2n) is 3.88. The highest BCUT2D eigenvalue weighted by Crippen LogP contribution is 2.21. The predicted octanol–water partition coefficient (Wildman–Crippen LogP) is 1.52. The van der Waals surface area contributed by atoms with Gasteiger partial charge in [0.2, 0.25) is 0 Å². The average molecular weight is 190 g/mol. The van der Waals surface area contributed by atoms with Crippen LogP contribution in [0.1, 0.15) is 23.6 Å². The van der Waals surface area contributed by atoms with Crippen molar-refractivity contribution >= 4 is 0 Å². The normalized spacial score (nSPS) is 16.7. The van der Waals surface area contributed by atoms with E-state index in [1.165, 1.54) is 29.7 Å². The first-order valence-electron chi connectivity index (χ1n) is 5.37. The van der Waals surface area contributed by atoms with E-state index in [-0.39, 0.29) is 0 Å². The van der Waals surface area contributed by atoms with Gasteiger partial charge in [0.15, 0.2) is 0 Å². The number of rotatable bonds is 2. The SMILES string of the molecule is CCN1CCc2cccc(CN)c2C1. The maximum atomic E-state index is 5.74. The molecule has 14 heavy (non-hydrogen) atoms. The van der Waals surface area contributed by atoms with Gasteiger partial charge in [-0.1, -0.05) is 25.1 Å². The van der Waals surface area contributed by atoms with Crippen molar-refractivity contribution in [3.63, 3.8) is 0 Å². The third kappa shape index (κ3) is 1.68. The van der Waals surface area contributed by atoms with Crippen molar-refractivity contribution in [3.05, 3.63) is 34.9 Å². The summed E-state index contributed by atoms with van der Waals surface area (Å²) >= 11 is 0. The summed E-state index contributed by atoms with van der Waals surface area (Å²) in [6.07, 6.45) is 1.18. The molecule has 0 atom stereocenters. The van der Waals surface area contributed by atoms with Crippen molar-refractivity contribution in [2.75, 3.05) is 13.1 Å². The minimum absolute atomic E-state index is 0.667. The summed E-state index contributed by atoms with van der Waals surface area (Å²) in [4.78, 5) is 2.47. The van der Waals surface area contributed by atoms with E-state index in [1.807, 2.05) is 0 Å². The van der Waals surface area contributed by atoms with Gasteiger partial charge in [0, 0.05) is 19.6 Å². The van der Waals surface area contributed by atoms with Crippen LogP contribution >= 0.6 is 0 Å². The van der Waals surface area contributed by atoms with E-state index >= 15 is 0 Å². The van der Waals surface area contributed by atoms with Gasteiger partial charge >= 0.3 is 0 Å². The van der Waals surface area contributed by atoms with Gasteiger partial charge in [0.1, 0.15) is 0 Å². The molecule has 0 amide bonds. The molecule has 0 saturated heterocycles. The highest BCUT2D eigenvalue weighted by molar-refractivity contribution is 5.36. The molecule has 2 rings (SSSR count). The Labute approximate surface area is 85.7 Å². The molecule has 1 aliphatic rings. The molecule has 0 spiro atoms. The van der Waals surface area contributed by atoms with Crippen LogP contribution in [0.25, 0.3) is 0 Å². The van der Waals surface area contributed by atoms with Crippen LogP contribution in [-0.2, 0) is 19.5 Å². The molecule has 0 saturated carbocycles. The van der Waals surface area contributed by atoms with Gasteiger partial charge in [-0.3, -0.25) is 4.90 Å². The first kappa shape index (κ1) is 9.69. The molecular weight excluding hydrogens is 172 g/mol. The number of hydrogen-bond donors (Lipinski definition) is 1. The smallest absolute Gasteiger partial charge is 0.0239 e. The van der Waals surface area contributed by atoms with Crippen LogP contribution in [-0.4, -0.2) is 18.0 Å². The van der Waals surface area contributed by atoms with E-state index in [4.69, 9.17) is 5.73 Å². The zero-order chi connectivity index (χ0) is 9.97. The third-order valence-corrected chi connectivity index (χ3v) is 3.12. The summed E-state index contributed by atoms with van der Waals surface area (Å²) in [7, 11) is 0. The van der Waals surface area contributed by atoms with Gasteiger partial charge in [-0.15, -0.1) is 0 Å². The molecule has 0 aliphatic carbocycles. The Hall–Kier alpha value is -0.860. The van der Waals surface area contributed by atoms with Crippen molar-refractivity contribution in [2.24, 2.45) is 5.73 Å². The largest absolute Gasteiger partial charge is 0.326 e. The predicted molar refractivity (Wildman–Crippen MR) is 59.0 cm³/mol. The summed E-state index contributed by atoms with van der Waals surface area (Å²) in [6, 6.07) is 6.52. The maximum absolute atomic E-state index is 5.74. The van der Waals surface area contributed by atoms with E-state index in [0.717, 1.165) is 13.1 Å². The number of nitrogens with two attached hydrogens (primary N) is 1. The van der Waals surface area contributed by atoms with Crippen LogP contribution in [0.2, 0.25) is 0 Å². The zero-order valence-electron chi connectivity index (χ0n) is 8.79. The topological polar surface area (TPSA) is 29.3 Å². The lowest BCUT2D eigenvalue weighted by Crippen LogP contribution is -2.31. The van der Waals surface area contributed by atoms with Crippen molar-refractivity contribution in [3.8, 4) is 0 Å². The fourth-order valence-corrected chi connectivity index (χ4v) is 2.17. The minimum Gasteiger partial charge on any atom is -0.326 e. The van der Waals surface area contributed by atoms with Crippen molar-refractivity contribution in [2.45, 2.75) is 26.4 Å². The average Bonchev–Trinajstić information content (AvgIpc) is 2.27. The number of hydrogen-bond acceptors (Lipinski definition) is 2. The quantitative estimate of drug-likeness (QED) is 0.766. The molecular formula is C12H18N2. The Bertz CT molecular complexity index is 306. The van der Waals surface area contributed by atoms with Crippen LogP contribution in [0.3, 0.4) is 0 Å². The van der Waals surface area contributed by atoms with E-state index in [9.17, 15) is 0 Å². The lowest BCUT2D eigenvalue weighted by Gasteiger charge is -2.29. The van der Waals surface area contributed by atoms with Gasteiger partial charge in [0.05, 0.1) is 0 Å². The third-order valence-electron chi connectivity index (χ3n) is 3.12. The molecule has 1 aromatic rings. The monoisotopic (exact) mass is 190 g/mol. The molecule has 0 fully saturated rings. The summed E-state index contributed by atoms with van der Waals surface area (Å²) in [5.41, 5.74) is 10.0. The Morgan fingerprint density at radius 1 is 1.43 bits per heavy atom. The number of likely N-dealkylation sites (N-methyl/N-ethyl adjacent to an activating group) is 1. The van der Waals surface area contributed by atoms with E-state index < -0.39 is 0 Å². The Morgan fingerprint density at radius 3 is 3.00 bits per heavy atom. The van der Waals surface area contributed by atoms with Gasteiger partial charge in [-0.2, -0.15) is 0 Å². The summed E-state index contributed by atoms with van der Waals surface area (Å²) in [5, 5.41) is 0. The number of nitrogens with zero attached hydrogens (tertiary/aromatic N) is 1. The highest BCUT2D eigenvalue weighted by Gasteiger charge is 2.16. The minimum atomic E-state index is 0.667. The van der Waals surface area contributed by atoms with Crippen LogP contribution < -0.4 is 5.73 Å². The summed E-state index contributed by atoms with van der Waals surface area (Å²) < 4.78 is 0. The first-order chi connectivity index (χ1) is 6.85. The maximum Gasteiger partial charge on any atom is 0.0239 e. The van der Waals surface area contributed by atoms with Crippen molar-refractivity contribution in [1.82, 2.24) is 4.90 Å². The van der Waals surface area contributed by atoms with Gasteiger partial charge < -0.3 is 5.73 Å². The lowest BCUT2D eigenvalue weighted by molar-refractivity contribution is 0.267. The molecule has 76 valence electrons. The lowest BCUT2D eigenvalue weighted by atomic mass is 9.95. The zero-order valence-corrected chi connectivity index (χ0v) is 8.79. The van der Waals surface area contributed by atoms with Crippen LogP contribution in [0, 0.1) is 0 Å². The standard InChI is InChI=1S/C12H18N2/c1-2-14-7-6-10-4-3-5-11(8-13)12(10)9-14/h3-5H,2,6-9,13H2,1H3. The molecule has 1 aliphatic heterocycles. The summed E-state index contributed by atoms with van der Waals surface area (Å²) in [6.45, 7) is 6.30. The Balaban J connectivity index is 2.33. The number of benzene rings is 1. The molecule has 2 N–H and O–H groups in total. The first-order valence-corrected chi connectivity index (χ1v) is 5.37. The fraction of sp³-hybridized carbons (Fsp3) is 0.500. The Morgan fingerprint density at radius 2 is 2.29 bits per heavy atom. The fourth-order valence-electron chi connectivity index (χ4n) is 2.17. The van der Waals surface area contributed by atoms with Crippen molar-refractivity contribution < 1.29 is 0 Å². The van der Waals surface area contributed by atoms with E-state index in [0.29, 0.717) is 6.54 Å². The summed E-state index contributed by atoms with van der Waals surface area (Å²) in [5.74, 6) is 0. The molecule has 0 aromatic heterocycles. The Kier molecular flexibility index (Phi) is 2.85. The molecule has 1 heterocycles.